The van der Waals surface area contributed by atoms with Crippen LogP contribution in [0.2, 0.25) is 5.02 Å². The summed E-state index contributed by atoms with van der Waals surface area (Å²) in [5, 5.41) is 0.540. The Hall–Kier alpha value is -1.46. The molecule has 2 nitrogen and oxygen atoms in total. The van der Waals surface area contributed by atoms with Gasteiger partial charge in [0.15, 0.2) is 9.84 Å². The second kappa shape index (κ2) is 6.54. The van der Waals surface area contributed by atoms with Crippen molar-refractivity contribution in [3.05, 3.63) is 70.2 Å². The third-order valence-corrected chi connectivity index (χ3v) is 4.72. The quantitative estimate of drug-likeness (QED) is 0.814. The largest absolute Gasteiger partial charge is 0.263 e. The van der Waals surface area contributed by atoms with Crippen LogP contribution < -0.4 is 0 Å². The zero-order valence-corrected chi connectivity index (χ0v) is 12.5. The van der Waals surface area contributed by atoms with E-state index in [4.69, 9.17) is 11.6 Å². The van der Waals surface area contributed by atoms with Crippen molar-refractivity contribution in [2.75, 3.05) is 0 Å². The number of sulfone groups is 1. The van der Waals surface area contributed by atoms with Crippen LogP contribution in [-0.4, -0.2) is 8.42 Å². The van der Waals surface area contributed by atoms with E-state index in [9.17, 15) is 17.2 Å². The highest BCUT2D eigenvalue weighted by Crippen LogP contribution is 2.20. The summed E-state index contributed by atoms with van der Waals surface area (Å²) in [6, 6.07) is 11.9. The van der Waals surface area contributed by atoms with E-state index in [1.807, 2.05) is 0 Å². The Morgan fingerprint density at radius 1 is 0.857 bits per heavy atom. The van der Waals surface area contributed by atoms with Gasteiger partial charge in [0.1, 0.15) is 0 Å². The number of alkyl halides is 2. The lowest BCUT2D eigenvalue weighted by Gasteiger charge is -2.06. The maximum absolute atomic E-state index is 12.4. The van der Waals surface area contributed by atoms with E-state index in [0.717, 1.165) is 0 Å². The van der Waals surface area contributed by atoms with Gasteiger partial charge in [0.2, 0.25) is 0 Å². The van der Waals surface area contributed by atoms with Gasteiger partial charge in [-0.1, -0.05) is 48.0 Å². The summed E-state index contributed by atoms with van der Waals surface area (Å²) in [5.41, 5.74) is 1.02. The molecule has 112 valence electrons. The summed E-state index contributed by atoms with van der Waals surface area (Å²) in [7, 11) is -3.36. The van der Waals surface area contributed by atoms with E-state index in [2.05, 4.69) is 0 Å². The predicted molar refractivity (Wildman–Crippen MR) is 79.2 cm³/mol. The third kappa shape index (κ3) is 4.79. The fourth-order valence-electron chi connectivity index (χ4n) is 1.90. The maximum atomic E-state index is 12.4. The first-order chi connectivity index (χ1) is 9.85. The molecule has 6 heteroatoms. The molecule has 0 spiro atoms. The average molecular weight is 331 g/mol. The zero-order valence-electron chi connectivity index (χ0n) is 11.0. The lowest BCUT2D eigenvalue weighted by molar-refractivity contribution is 0.151. The van der Waals surface area contributed by atoms with E-state index >= 15 is 0 Å². The lowest BCUT2D eigenvalue weighted by Crippen LogP contribution is -2.07. The van der Waals surface area contributed by atoms with Gasteiger partial charge < -0.3 is 0 Å². The van der Waals surface area contributed by atoms with Crippen LogP contribution in [0.5, 0.6) is 0 Å². The normalized spacial score (nSPS) is 11.8. The average Bonchev–Trinajstić information content (AvgIpc) is 2.41. The summed E-state index contributed by atoms with van der Waals surface area (Å²) in [6.45, 7) is 0. The fraction of sp³-hybridized carbons (Fsp3) is 0.200. The summed E-state index contributed by atoms with van der Waals surface area (Å²) < 4.78 is 49.0. The van der Waals surface area contributed by atoms with Crippen LogP contribution in [0, 0.1) is 0 Å². The molecule has 0 fully saturated rings. The number of hydrogen-bond acceptors (Lipinski definition) is 2. The molecule has 2 rings (SSSR count). The van der Waals surface area contributed by atoms with Crippen molar-refractivity contribution in [3.8, 4) is 0 Å². The molecule has 0 saturated heterocycles. The van der Waals surface area contributed by atoms with Crippen molar-refractivity contribution in [3.63, 3.8) is 0 Å². The maximum Gasteiger partial charge on any atom is 0.263 e. The first kappa shape index (κ1) is 15.9. The summed E-state index contributed by atoms with van der Waals surface area (Å²) in [6.07, 6.45) is -2.55. The fourth-order valence-corrected chi connectivity index (χ4v) is 3.53. The number of halogens is 3. The second-order valence-electron chi connectivity index (χ2n) is 4.70. The molecule has 0 atom stereocenters. The Morgan fingerprint density at radius 3 is 1.71 bits per heavy atom. The van der Waals surface area contributed by atoms with Crippen molar-refractivity contribution >= 4 is 21.4 Å². The molecule has 2 aromatic carbocycles. The van der Waals surface area contributed by atoms with Gasteiger partial charge in [-0.05, 0) is 23.3 Å². The van der Waals surface area contributed by atoms with Gasteiger partial charge >= 0.3 is 0 Å². The van der Waals surface area contributed by atoms with Gasteiger partial charge in [-0.15, -0.1) is 0 Å². The Balaban J connectivity index is 2.08. The van der Waals surface area contributed by atoms with Gasteiger partial charge in [0.25, 0.3) is 6.43 Å². The minimum absolute atomic E-state index is 0.110. The van der Waals surface area contributed by atoms with Gasteiger partial charge in [0.05, 0.1) is 11.5 Å². The van der Waals surface area contributed by atoms with E-state index in [0.29, 0.717) is 16.1 Å². The van der Waals surface area contributed by atoms with E-state index < -0.39 is 16.3 Å². The first-order valence-corrected chi connectivity index (χ1v) is 8.37. The Labute approximate surface area is 127 Å². The van der Waals surface area contributed by atoms with E-state index in [-0.39, 0.29) is 17.1 Å². The van der Waals surface area contributed by atoms with Gasteiger partial charge in [0, 0.05) is 10.6 Å². The molecule has 0 bridgehead atoms. The summed E-state index contributed by atoms with van der Waals surface area (Å²) in [5.74, 6) is -0.292. The monoisotopic (exact) mass is 330 g/mol. The van der Waals surface area contributed by atoms with Crippen LogP contribution in [0.1, 0.15) is 23.1 Å². The Kier molecular flexibility index (Phi) is 4.96. The topological polar surface area (TPSA) is 34.1 Å². The van der Waals surface area contributed by atoms with E-state index in [1.165, 1.54) is 24.3 Å². The standard InChI is InChI=1S/C15H13ClF2O2S/c16-14-7-3-12(4-8-14)10-21(19,20)9-11-1-5-13(6-2-11)15(17)18/h1-8,15H,9-10H2. The zero-order chi connectivity index (χ0) is 15.5. The molecule has 0 aliphatic heterocycles. The number of hydrogen-bond donors (Lipinski definition) is 0. The molecular formula is C15H13ClF2O2S. The van der Waals surface area contributed by atoms with Gasteiger partial charge in [-0.2, -0.15) is 0 Å². The number of benzene rings is 2. The predicted octanol–water partition coefficient (Wildman–Crippen LogP) is 4.39. The highest BCUT2D eigenvalue weighted by Gasteiger charge is 2.14. The van der Waals surface area contributed by atoms with Crippen molar-refractivity contribution in [2.45, 2.75) is 17.9 Å². The van der Waals surface area contributed by atoms with Crippen LogP contribution in [0.25, 0.3) is 0 Å². The third-order valence-electron chi connectivity index (χ3n) is 2.92. The Morgan fingerprint density at radius 2 is 1.29 bits per heavy atom. The molecule has 0 heterocycles. The molecule has 0 radical (unpaired) electrons. The summed E-state index contributed by atoms with van der Waals surface area (Å²) in [4.78, 5) is 0. The molecule has 2 aromatic rings. The van der Waals surface area contributed by atoms with Gasteiger partial charge in [-0.25, -0.2) is 17.2 Å². The van der Waals surface area contributed by atoms with E-state index in [1.54, 1.807) is 24.3 Å². The van der Waals surface area contributed by atoms with Crippen molar-refractivity contribution < 1.29 is 17.2 Å². The highest BCUT2D eigenvalue weighted by atomic mass is 35.5. The van der Waals surface area contributed by atoms with Gasteiger partial charge in [-0.3, -0.25) is 0 Å². The van der Waals surface area contributed by atoms with Crippen LogP contribution in [0.3, 0.4) is 0 Å². The lowest BCUT2D eigenvalue weighted by atomic mass is 10.2. The molecule has 0 unspecified atom stereocenters. The molecule has 0 saturated carbocycles. The second-order valence-corrected chi connectivity index (χ2v) is 7.20. The molecule has 0 amide bonds. The van der Waals surface area contributed by atoms with Crippen LogP contribution in [-0.2, 0) is 21.3 Å². The minimum atomic E-state index is -3.36. The molecule has 0 aliphatic rings. The van der Waals surface area contributed by atoms with Crippen molar-refractivity contribution in [1.29, 1.82) is 0 Å². The van der Waals surface area contributed by atoms with Crippen LogP contribution in [0.15, 0.2) is 48.5 Å². The van der Waals surface area contributed by atoms with Crippen molar-refractivity contribution in [1.82, 2.24) is 0 Å². The summed E-state index contributed by atoms with van der Waals surface area (Å²) >= 11 is 5.74. The highest BCUT2D eigenvalue weighted by molar-refractivity contribution is 7.89. The molecule has 0 N–H and O–H groups in total. The van der Waals surface area contributed by atoms with Crippen LogP contribution >= 0.6 is 11.6 Å². The Bertz CT molecular complexity index is 695. The first-order valence-electron chi connectivity index (χ1n) is 6.17. The minimum Gasteiger partial charge on any atom is -0.228 e. The van der Waals surface area contributed by atoms with Crippen molar-refractivity contribution in [2.24, 2.45) is 0 Å². The SMILES string of the molecule is O=S(=O)(Cc1ccc(Cl)cc1)Cc1ccc(C(F)F)cc1. The molecular weight excluding hydrogens is 318 g/mol. The smallest absolute Gasteiger partial charge is 0.228 e. The number of rotatable bonds is 5. The van der Waals surface area contributed by atoms with Crippen LogP contribution in [0.4, 0.5) is 8.78 Å². The molecule has 0 aromatic heterocycles. The molecule has 0 aliphatic carbocycles. The molecule has 21 heavy (non-hydrogen) atoms.